The SMILES string of the molecule is C=C(C)[C@H]1CC(=O)C[C@]23OC4(C)C[C@@H]5OC(=O)[C@H](C2C1)[C@@H]5[C@@H]4C3=O. The van der Waals surface area contributed by atoms with Crippen LogP contribution in [0.5, 0.6) is 0 Å². The van der Waals surface area contributed by atoms with Crippen LogP contribution in [0.2, 0.25) is 0 Å². The van der Waals surface area contributed by atoms with Crippen molar-refractivity contribution in [1.82, 2.24) is 0 Å². The lowest BCUT2D eigenvalue weighted by Crippen LogP contribution is -2.56. The molecule has 0 radical (unpaired) electrons. The van der Waals surface area contributed by atoms with Gasteiger partial charge in [-0.05, 0) is 26.2 Å². The number of esters is 1. The molecule has 0 N–H and O–H groups in total. The molecule has 24 heavy (non-hydrogen) atoms. The minimum absolute atomic E-state index is 0.00797. The zero-order chi connectivity index (χ0) is 17.0. The number of ketones is 2. The highest BCUT2D eigenvalue weighted by Gasteiger charge is 2.79. The van der Waals surface area contributed by atoms with Crippen LogP contribution in [-0.2, 0) is 23.9 Å². The molecule has 8 atom stereocenters. The zero-order valence-electron chi connectivity index (χ0n) is 14.0. The molecule has 0 aromatic carbocycles. The molecule has 5 heteroatoms. The Hall–Kier alpha value is -1.49. The predicted molar refractivity (Wildman–Crippen MR) is 82.8 cm³/mol. The highest BCUT2D eigenvalue weighted by Crippen LogP contribution is 2.68. The van der Waals surface area contributed by atoms with Crippen LogP contribution in [0.25, 0.3) is 0 Å². The van der Waals surface area contributed by atoms with E-state index in [1.807, 2.05) is 13.8 Å². The molecule has 5 nitrogen and oxygen atoms in total. The van der Waals surface area contributed by atoms with Gasteiger partial charge in [0, 0.05) is 31.1 Å². The summed E-state index contributed by atoms with van der Waals surface area (Å²) < 4.78 is 12.1. The lowest BCUT2D eigenvalue weighted by atomic mass is 9.59. The van der Waals surface area contributed by atoms with Gasteiger partial charge in [-0.25, -0.2) is 0 Å². The van der Waals surface area contributed by atoms with E-state index in [4.69, 9.17) is 9.47 Å². The molecule has 2 aliphatic heterocycles. The maximum absolute atomic E-state index is 13.3. The molecule has 3 saturated carbocycles. The standard InChI is InChI=1S/C19H22O5/c1-8(2)9-4-10(20)6-19-11(5-9)13-14-12(23-17(13)22)7-18(3,24-19)15(14)16(19)21/h9,11-15H,1,4-7H2,2-3H3/t9-,11?,12-,13+,14+,15+,18?,19-/m0/s1. The molecule has 5 rings (SSSR count). The van der Waals surface area contributed by atoms with Crippen LogP contribution in [-0.4, -0.2) is 34.8 Å². The van der Waals surface area contributed by atoms with E-state index in [0.29, 0.717) is 19.3 Å². The Bertz CT molecular complexity index is 711. The van der Waals surface area contributed by atoms with Crippen molar-refractivity contribution < 1.29 is 23.9 Å². The summed E-state index contributed by atoms with van der Waals surface area (Å²) >= 11 is 0. The molecule has 128 valence electrons. The number of hydrogen-bond donors (Lipinski definition) is 0. The van der Waals surface area contributed by atoms with Crippen LogP contribution in [0.15, 0.2) is 12.2 Å². The van der Waals surface area contributed by atoms with Gasteiger partial charge in [-0.1, -0.05) is 12.2 Å². The fourth-order valence-corrected chi connectivity index (χ4v) is 6.49. The van der Waals surface area contributed by atoms with Crippen LogP contribution >= 0.6 is 0 Å². The second kappa shape index (κ2) is 4.18. The van der Waals surface area contributed by atoms with Crippen LogP contribution in [0.3, 0.4) is 0 Å². The minimum Gasteiger partial charge on any atom is -0.462 e. The Kier molecular flexibility index (Phi) is 2.58. The highest BCUT2D eigenvalue weighted by molar-refractivity contribution is 6.01. The van der Waals surface area contributed by atoms with Gasteiger partial charge in [-0.3, -0.25) is 14.4 Å². The van der Waals surface area contributed by atoms with Gasteiger partial charge < -0.3 is 9.47 Å². The summed E-state index contributed by atoms with van der Waals surface area (Å²) in [7, 11) is 0. The Morgan fingerprint density at radius 1 is 1.29 bits per heavy atom. The van der Waals surface area contributed by atoms with Gasteiger partial charge in [0.2, 0.25) is 0 Å². The molecule has 0 amide bonds. The molecule has 0 aromatic rings. The van der Waals surface area contributed by atoms with Crippen molar-refractivity contribution in [2.75, 3.05) is 0 Å². The van der Waals surface area contributed by atoms with Crippen molar-refractivity contribution in [3.63, 3.8) is 0 Å². The fourth-order valence-electron chi connectivity index (χ4n) is 6.49. The monoisotopic (exact) mass is 330 g/mol. The van der Waals surface area contributed by atoms with E-state index in [-0.39, 0.29) is 59.7 Å². The van der Waals surface area contributed by atoms with Crippen molar-refractivity contribution >= 4 is 17.5 Å². The highest BCUT2D eigenvalue weighted by atomic mass is 16.6. The summed E-state index contributed by atoms with van der Waals surface area (Å²) in [4.78, 5) is 38.5. The smallest absolute Gasteiger partial charge is 0.310 e. The zero-order valence-corrected chi connectivity index (χ0v) is 14.0. The molecule has 0 aromatic heterocycles. The third-order valence-electron chi connectivity index (χ3n) is 7.35. The summed E-state index contributed by atoms with van der Waals surface area (Å²) in [5.74, 6) is -1.04. The van der Waals surface area contributed by atoms with Crippen molar-refractivity contribution in [2.24, 2.45) is 29.6 Å². The first-order chi connectivity index (χ1) is 11.3. The van der Waals surface area contributed by atoms with E-state index in [1.165, 1.54) is 0 Å². The largest absolute Gasteiger partial charge is 0.462 e. The maximum atomic E-state index is 13.3. The second-order valence-corrected chi connectivity index (χ2v) is 8.73. The average molecular weight is 330 g/mol. The van der Waals surface area contributed by atoms with E-state index in [9.17, 15) is 14.4 Å². The second-order valence-electron chi connectivity index (χ2n) is 8.73. The van der Waals surface area contributed by atoms with Gasteiger partial charge in [0.1, 0.15) is 17.5 Å². The van der Waals surface area contributed by atoms with Crippen LogP contribution in [0.1, 0.15) is 39.5 Å². The number of rotatable bonds is 1. The molecule has 2 bridgehead atoms. The summed E-state index contributed by atoms with van der Waals surface area (Å²) in [6.45, 7) is 7.90. The third-order valence-corrected chi connectivity index (χ3v) is 7.35. The number of ether oxygens (including phenoxy) is 2. The Morgan fingerprint density at radius 3 is 2.75 bits per heavy atom. The number of fused-ring (bicyclic) bond motifs is 1. The molecule has 1 spiro atoms. The predicted octanol–water partition coefficient (Wildman–Crippen LogP) is 1.84. The topological polar surface area (TPSA) is 69.7 Å². The number of carbonyl (C=O) groups excluding carboxylic acids is 3. The van der Waals surface area contributed by atoms with Crippen LogP contribution < -0.4 is 0 Å². The summed E-state index contributed by atoms with van der Waals surface area (Å²) in [5.41, 5.74) is -0.771. The lowest BCUT2D eigenvalue weighted by Gasteiger charge is -2.42. The first-order valence-corrected chi connectivity index (χ1v) is 8.89. The van der Waals surface area contributed by atoms with Gasteiger partial charge in [-0.15, -0.1) is 0 Å². The summed E-state index contributed by atoms with van der Waals surface area (Å²) in [5, 5.41) is 0. The maximum Gasteiger partial charge on any atom is 0.310 e. The van der Waals surface area contributed by atoms with Gasteiger partial charge in [-0.2, -0.15) is 0 Å². The molecule has 2 unspecified atom stereocenters. The Labute approximate surface area is 140 Å². The first-order valence-electron chi connectivity index (χ1n) is 8.89. The lowest BCUT2D eigenvalue weighted by molar-refractivity contribution is -0.166. The number of allylic oxidation sites excluding steroid dienone is 1. The molecule has 3 aliphatic carbocycles. The van der Waals surface area contributed by atoms with Crippen molar-refractivity contribution in [3.8, 4) is 0 Å². The Morgan fingerprint density at radius 2 is 2.04 bits per heavy atom. The average Bonchev–Trinajstić information content (AvgIpc) is 2.90. The van der Waals surface area contributed by atoms with E-state index in [0.717, 1.165) is 5.57 Å². The van der Waals surface area contributed by atoms with Crippen molar-refractivity contribution in [3.05, 3.63) is 12.2 Å². The molecule has 2 heterocycles. The van der Waals surface area contributed by atoms with Gasteiger partial charge in [0.05, 0.1) is 17.4 Å². The van der Waals surface area contributed by atoms with E-state index in [1.54, 1.807) is 0 Å². The van der Waals surface area contributed by atoms with Crippen LogP contribution in [0, 0.1) is 29.6 Å². The van der Waals surface area contributed by atoms with Gasteiger partial charge in [0.25, 0.3) is 0 Å². The molecular formula is C19H22O5. The van der Waals surface area contributed by atoms with Gasteiger partial charge >= 0.3 is 5.97 Å². The van der Waals surface area contributed by atoms with Crippen molar-refractivity contribution in [1.29, 1.82) is 0 Å². The van der Waals surface area contributed by atoms with Crippen molar-refractivity contribution in [2.45, 2.75) is 56.8 Å². The third kappa shape index (κ3) is 1.48. The first kappa shape index (κ1) is 14.8. The van der Waals surface area contributed by atoms with E-state index < -0.39 is 11.2 Å². The molecule has 5 fully saturated rings. The number of Topliss-reactive ketones (excluding diaryl/α,β-unsaturated/α-hetero) is 2. The minimum atomic E-state index is -1.11. The molecular weight excluding hydrogens is 308 g/mol. The summed E-state index contributed by atoms with van der Waals surface area (Å²) in [6, 6.07) is 0. The molecule has 2 saturated heterocycles. The Balaban J connectivity index is 1.69. The molecule has 5 aliphatic rings. The van der Waals surface area contributed by atoms with E-state index in [2.05, 4.69) is 6.58 Å². The number of hydrogen-bond acceptors (Lipinski definition) is 5. The summed E-state index contributed by atoms with van der Waals surface area (Å²) in [6.07, 6.45) is 1.47. The van der Waals surface area contributed by atoms with E-state index >= 15 is 0 Å². The number of carbonyl (C=O) groups is 3. The van der Waals surface area contributed by atoms with Crippen LogP contribution in [0.4, 0.5) is 0 Å². The normalized spacial score (nSPS) is 54.5. The fraction of sp³-hybridized carbons (Fsp3) is 0.737. The quantitative estimate of drug-likeness (QED) is 0.542. The van der Waals surface area contributed by atoms with Gasteiger partial charge in [0.15, 0.2) is 5.78 Å².